The summed E-state index contributed by atoms with van der Waals surface area (Å²) < 4.78 is 41.5. The molecular weight excluding hydrogens is 519 g/mol. The lowest BCUT2D eigenvalue weighted by Gasteiger charge is -2.35. The number of imide groups is 1. The van der Waals surface area contributed by atoms with Gasteiger partial charge in [0.2, 0.25) is 17.7 Å². The standard InChI is InChI=1S/C28H19ClF3N3O3/c29-16-9-11-17(12-10-16)33-25(36)24-22-21(23-18-6-2-1-5-15(18)13-14-34(23)24)26(37)35(27(22)38)20-8-4-3-7-19(20)28(30,31)32/h1-14,21-24H,(H,33,36)/t21-,22-,23+,24+/m1/s1. The molecule has 10 heteroatoms. The number of fused-ring (bicyclic) bond motifs is 5. The van der Waals surface area contributed by atoms with Crippen LogP contribution in [0, 0.1) is 11.8 Å². The Kier molecular flexibility index (Phi) is 5.57. The Hall–Kier alpha value is -4.11. The third-order valence-corrected chi connectivity index (χ3v) is 7.54. The van der Waals surface area contributed by atoms with Gasteiger partial charge in [-0.15, -0.1) is 0 Å². The number of benzene rings is 3. The van der Waals surface area contributed by atoms with E-state index in [9.17, 15) is 27.6 Å². The maximum absolute atomic E-state index is 13.8. The van der Waals surface area contributed by atoms with Gasteiger partial charge in [-0.1, -0.05) is 48.0 Å². The van der Waals surface area contributed by atoms with E-state index in [1.807, 2.05) is 12.1 Å². The number of nitrogens with one attached hydrogen (secondary N) is 1. The number of halogens is 4. The summed E-state index contributed by atoms with van der Waals surface area (Å²) in [5, 5.41) is 3.24. The van der Waals surface area contributed by atoms with Crippen LogP contribution in [0.5, 0.6) is 0 Å². The van der Waals surface area contributed by atoms with Crippen molar-refractivity contribution in [2.75, 3.05) is 10.2 Å². The zero-order chi connectivity index (χ0) is 26.8. The van der Waals surface area contributed by atoms with Gasteiger partial charge in [0.1, 0.15) is 6.04 Å². The van der Waals surface area contributed by atoms with Gasteiger partial charge in [-0.2, -0.15) is 13.2 Å². The number of carbonyl (C=O) groups is 3. The second-order valence-corrected chi connectivity index (χ2v) is 9.79. The highest BCUT2D eigenvalue weighted by Gasteiger charge is 2.65. The first-order valence-corrected chi connectivity index (χ1v) is 12.2. The molecule has 6 rings (SSSR count). The lowest BCUT2D eigenvalue weighted by Crippen LogP contribution is -2.46. The molecule has 0 bridgehead atoms. The van der Waals surface area contributed by atoms with Gasteiger partial charge in [0.05, 0.1) is 29.1 Å². The number of alkyl halides is 3. The van der Waals surface area contributed by atoms with Gasteiger partial charge < -0.3 is 10.2 Å². The average molecular weight is 538 g/mol. The molecule has 0 radical (unpaired) electrons. The van der Waals surface area contributed by atoms with E-state index in [4.69, 9.17) is 11.6 Å². The van der Waals surface area contributed by atoms with E-state index in [1.165, 1.54) is 12.1 Å². The molecule has 3 aromatic rings. The number of nitrogens with zero attached hydrogens (tertiary/aromatic N) is 2. The highest BCUT2D eigenvalue weighted by molar-refractivity contribution is 6.30. The first-order valence-electron chi connectivity index (χ1n) is 11.8. The van der Waals surface area contributed by atoms with Crippen molar-refractivity contribution in [2.24, 2.45) is 11.8 Å². The Bertz CT molecular complexity index is 1500. The minimum atomic E-state index is -4.79. The van der Waals surface area contributed by atoms with Gasteiger partial charge in [-0.05, 0) is 53.6 Å². The zero-order valence-electron chi connectivity index (χ0n) is 19.5. The predicted octanol–water partition coefficient (Wildman–Crippen LogP) is 5.51. The Morgan fingerprint density at radius 3 is 2.26 bits per heavy atom. The molecule has 3 aromatic carbocycles. The minimum absolute atomic E-state index is 0.428. The molecule has 3 aliphatic rings. The molecule has 0 unspecified atom stereocenters. The van der Waals surface area contributed by atoms with Gasteiger partial charge in [0.15, 0.2) is 0 Å². The number of anilines is 2. The van der Waals surface area contributed by atoms with Crippen molar-refractivity contribution in [3.63, 3.8) is 0 Å². The molecule has 0 spiro atoms. The van der Waals surface area contributed by atoms with Crippen LogP contribution in [-0.2, 0) is 20.6 Å². The van der Waals surface area contributed by atoms with Crippen molar-refractivity contribution >= 4 is 46.8 Å². The van der Waals surface area contributed by atoms with E-state index in [1.54, 1.807) is 53.6 Å². The van der Waals surface area contributed by atoms with Crippen LogP contribution in [0.2, 0.25) is 5.02 Å². The topological polar surface area (TPSA) is 69.7 Å². The fourth-order valence-corrected chi connectivity index (χ4v) is 5.88. The molecule has 4 atom stereocenters. The number of hydrogen-bond acceptors (Lipinski definition) is 4. The molecule has 6 nitrogen and oxygen atoms in total. The number of para-hydroxylation sites is 1. The lowest BCUT2D eigenvalue weighted by molar-refractivity contribution is -0.137. The van der Waals surface area contributed by atoms with Crippen LogP contribution in [0.4, 0.5) is 24.5 Å². The molecule has 192 valence electrons. The molecule has 0 aliphatic carbocycles. The maximum Gasteiger partial charge on any atom is 0.418 e. The van der Waals surface area contributed by atoms with E-state index in [0.29, 0.717) is 15.6 Å². The van der Waals surface area contributed by atoms with Gasteiger partial charge in [0, 0.05) is 16.9 Å². The third kappa shape index (κ3) is 3.68. The molecule has 38 heavy (non-hydrogen) atoms. The van der Waals surface area contributed by atoms with Crippen LogP contribution in [0.15, 0.2) is 79.0 Å². The van der Waals surface area contributed by atoms with Crippen LogP contribution in [0.25, 0.3) is 6.08 Å². The first kappa shape index (κ1) is 24.2. The van der Waals surface area contributed by atoms with Crippen molar-refractivity contribution in [3.8, 4) is 0 Å². The third-order valence-electron chi connectivity index (χ3n) is 7.29. The van der Waals surface area contributed by atoms with E-state index < -0.39 is 59.1 Å². The van der Waals surface area contributed by atoms with E-state index >= 15 is 0 Å². The summed E-state index contributed by atoms with van der Waals surface area (Å²) in [4.78, 5) is 43.6. The molecule has 0 aromatic heterocycles. The number of rotatable bonds is 3. The largest absolute Gasteiger partial charge is 0.418 e. The molecule has 3 aliphatic heterocycles. The predicted molar refractivity (Wildman–Crippen MR) is 135 cm³/mol. The fourth-order valence-electron chi connectivity index (χ4n) is 5.75. The molecular formula is C28H19ClF3N3O3. The highest BCUT2D eigenvalue weighted by atomic mass is 35.5. The lowest BCUT2D eigenvalue weighted by atomic mass is 9.84. The van der Waals surface area contributed by atoms with Crippen LogP contribution in [0.3, 0.4) is 0 Å². The van der Waals surface area contributed by atoms with Gasteiger partial charge in [-0.25, -0.2) is 4.90 Å². The second kappa shape index (κ2) is 8.73. The van der Waals surface area contributed by atoms with Gasteiger partial charge in [0.25, 0.3) is 0 Å². The molecule has 2 saturated heterocycles. The molecule has 1 N–H and O–H groups in total. The Balaban J connectivity index is 1.46. The fraction of sp³-hybridized carbons (Fsp3) is 0.179. The van der Waals surface area contributed by atoms with Crippen LogP contribution < -0.4 is 10.2 Å². The molecule has 2 fully saturated rings. The molecule has 0 saturated carbocycles. The van der Waals surface area contributed by atoms with Crippen molar-refractivity contribution < 1.29 is 27.6 Å². The van der Waals surface area contributed by atoms with Crippen LogP contribution in [0.1, 0.15) is 22.7 Å². The van der Waals surface area contributed by atoms with Gasteiger partial charge in [-0.3, -0.25) is 14.4 Å². The number of amides is 3. The summed E-state index contributed by atoms with van der Waals surface area (Å²) in [6.45, 7) is 0. The Morgan fingerprint density at radius 2 is 1.53 bits per heavy atom. The smallest absolute Gasteiger partial charge is 0.357 e. The van der Waals surface area contributed by atoms with Crippen molar-refractivity contribution in [3.05, 3.63) is 101 Å². The summed E-state index contributed by atoms with van der Waals surface area (Å²) in [5.41, 5.74) is 0.327. The zero-order valence-corrected chi connectivity index (χ0v) is 20.3. The summed E-state index contributed by atoms with van der Waals surface area (Å²) >= 11 is 5.94. The SMILES string of the molecule is O=C(Nc1ccc(Cl)cc1)[C@@H]1[C@@H]2C(=O)N(c3ccccc3C(F)(F)F)C(=O)[C@H]2[C@@H]2c3ccccc3C=CN12. The summed E-state index contributed by atoms with van der Waals surface area (Å²) in [5.74, 6) is -4.42. The number of carbonyl (C=O) groups excluding carboxylic acids is 3. The monoisotopic (exact) mass is 537 g/mol. The van der Waals surface area contributed by atoms with E-state index in [0.717, 1.165) is 23.3 Å². The van der Waals surface area contributed by atoms with Crippen LogP contribution in [-0.4, -0.2) is 28.7 Å². The summed E-state index contributed by atoms with van der Waals surface area (Å²) in [7, 11) is 0. The summed E-state index contributed by atoms with van der Waals surface area (Å²) in [6, 6.07) is 16.3. The Labute approximate surface area is 220 Å². The quantitative estimate of drug-likeness (QED) is 0.447. The van der Waals surface area contributed by atoms with Gasteiger partial charge >= 0.3 is 6.18 Å². The van der Waals surface area contributed by atoms with Crippen molar-refractivity contribution in [1.82, 2.24) is 4.90 Å². The molecule has 3 amide bonds. The highest BCUT2D eigenvalue weighted by Crippen LogP contribution is 2.54. The minimum Gasteiger partial charge on any atom is -0.357 e. The van der Waals surface area contributed by atoms with E-state index in [2.05, 4.69) is 5.32 Å². The normalized spacial score (nSPS) is 23.8. The van der Waals surface area contributed by atoms with Crippen LogP contribution >= 0.6 is 11.6 Å². The van der Waals surface area contributed by atoms with E-state index in [-0.39, 0.29) is 0 Å². The summed E-state index contributed by atoms with van der Waals surface area (Å²) in [6.07, 6.45) is -1.32. The molecule has 3 heterocycles. The van der Waals surface area contributed by atoms with Crippen molar-refractivity contribution in [2.45, 2.75) is 18.3 Å². The maximum atomic E-state index is 13.8. The second-order valence-electron chi connectivity index (χ2n) is 9.36. The average Bonchev–Trinajstić information content (AvgIpc) is 3.37. The van der Waals surface area contributed by atoms with Crippen molar-refractivity contribution in [1.29, 1.82) is 0 Å². The number of hydrogen-bond donors (Lipinski definition) is 1. The first-order chi connectivity index (χ1) is 18.2. The Morgan fingerprint density at radius 1 is 0.868 bits per heavy atom.